The van der Waals surface area contributed by atoms with Crippen LogP contribution in [0.2, 0.25) is 0 Å². The Morgan fingerprint density at radius 3 is 2.61 bits per heavy atom. The topological polar surface area (TPSA) is 46.3 Å². The smallest absolute Gasteiger partial charge is 0.222 e. The van der Waals surface area contributed by atoms with Crippen molar-refractivity contribution in [2.24, 2.45) is 11.7 Å². The van der Waals surface area contributed by atoms with Crippen molar-refractivity contribution < 1.29 is 4.79 Å². The molecule has 0 aliphatic carbocycles. The van der Waals surface area contributed by atoms with Crippen LogP contribution in [0.5, 0.6) is 0 Å². The summed E-state index contributed by atoms with van der Waals surface area (Å²) in [7, 11) is 1.86. The molecule has 18 heavy (non-hydrogen) atoms. The number of nitrogens with zero attached hydrogens (tertiary/aromatic N) is 1. The Labute approximate surface area is 110 Å². The molecule has 3 heteroatoms. The van der Waals surface area contributed by atoms with Crippen molar-refractivity contribution in [2.75, 3.05) is 7.05 Å². The SMILES string of the molecule is CC(C)CCC(=O)N(C)Cc1cccc(CN)c1. The van der Waals surface area contributed by atoms with Gasteiger partial charge in [-0.2, -0.15) is 0 Å². The van der Waals surface area contributed by atoms with Crippen molar-refractivity contribution in [3.05, 3.63) is 35.4 Å². The predicted octanol–water partition coefficient (Wildman–Crippen LogP) is 2.54. The number of benzene rings is 1. The van der Waals surface area contributed by atoms with E-state index in [0.717, 1.165) is 17.5 Å². The lowest BCUT2D eigenvalue weighted by atomic mass is 10.1. The summed E-state index contributed by atoms with van der Waals surface area (Å²) in [5.41, 5.74) is 7.85. The van der Waals surface area contributed by atoms with E-state index in [1.165, 1.54) is 0 Å². The molecule has 1 aromatic carbocycles. The first kappa shape index (κ1) is 14.7. The van der Waals surface area contributed by atoms with Gasteiger partial charge in [0.15, 0.2) is 0 Å². The van der Waals surface area contributed by atoms with E-state index in [2.05, 4.69) is 19.9 Å². The van der Waals surface area contributed by atoms with Crippen LogP contribution in [0.4, 0.5) is 0 Å². The highest BCUT2D eigenvalue weighted by Gasteiger charge is 2.10. The van der Waals surface area contributed by atoms with Gasteiger partial charge in [-0.05, 0) is 23.5 Å². The van der Waals surface area contributed by atoms with Gasteiger partial charge < -0.3 is 10.6 Å². The third-order valence-corrected chi connectivity index (χ3v) is 3.01. The third kappa shape index (κ3) is 4.88. The Morgan fingerprint density at radius 1 is 1.33 bits per heavy atom. The van der Waals surface area contributed by atoms with Crippen LogP contribution in [-0.4, -0.2) is 17.9 Å². The van der Waals surface area contributed by atoms with E-state index in [4.69, 9.17) is 5.73 Å². The molecule has 1 rings (SSSR count). The minimum absolute atomic E-state index is 0.210. The Kier molecular flexibility index (Phi) is 5.86. The minimum Gasteiger partial charge on any atom is -0.341 e. The van der Waals surface area contributed by atoms with Crippen molar-refractivity contribution in [3.8, 4) is 0 Å². The van der Waals surface area contributed by atoms with E-state index in [9.17, 15) is 4.79 Å². The maximum atomic E-state index is 11.9. The van der Waals surface area contributed by atoms with Gasteiger partial charge in [0.05, 0.1) is 0 Å². The fourth-order valence-corrected chi connectivity index (χ4v) is 1.82. The minimum atomic E-state index is 0.210. The van der Waals surface area contributed by atoms with E-state index in [-0.39, 0.29) is 5.91 Å². The predicted molar refractivity (Wildman–Crippen MR) is 74.9 cm³/mol. The number of carbonyl (C=O) groups excluding carboxylic acids is 1. The summed E-state index contributed by atoms with van der Waals surface area (Å²) in [6, 6.07) is 8.09. The van der Waals surface area contributed by atoms with Crippen molar-refractivity contribution in [2.45, 2.75) is 39.8 Å². The van der Waals surface area contributed by atoms with Gasteiger partial charge in [0.1, 0.15) is 0 Å². The summed E-state index contributed by atoms with van der Waals surface area (Å²) < 4.78 is 0. The molecule has 0 aliphatic rings. The highest BCUT2D eigenvalue weighted by Crippen LogP contribution is 2.10. The van der Waals surface area contributed by atoms with Crippen molar-refractivity contribution in [1.29, 1.82) is 0 Å². The van der Waals surface area contributed by atoms with Crippen LogP contribution in [0.3, 0.4) is 0 Å². The van der Waals surface area contributed by atoms with Gasteiger partial charge in [-0.1, -0.05) is 38.1 Å². The molecule has 0 heterocycles. The molecule has 0 radical (unpaired) electrons. The van der Waals surface area contributed by atoms with Gasteiger partial charge in [0, 0.05) is 26.6 Å². The van der Waals surface area contributed by atoms with Crippen LogP contribution in [0.25, 0.3) is 0 Å². The molecule has 1 amide bonds. The van der Waals surface area contributed by atoms with E-state index in [0.29, 0.717) is 25.4 Å². The summed E-state index contributed by atoms with van der Waals surface area (Å²) in [6.45, 7) is 5.47. The van der Waals surface area contributed by atoms with E-state index >= 15 is 0 Å². The van der Waals surface area contributed by atoms with E-state index < -0.39 is 0 Å². The summed E-state index contributed by atoms with van der Waals surface area (Å²) in [4.78, 5) is 13.7. The molecule has 0 unspecified atom stereocenters. The normalized spacial score (nSPS) is 10.7. The fourth-order valence-electron chi connectivity index (χ4n) is 1.82. The second-order valence-corrected chi connectivity index (χ2v) is 5.21. The average Bonchev–Trinajstić information content (AvgIpc) is 2.36. The largest absolute Gasteiger partial charge is 0.341 e. The van der Waals surface area contributed by atoms with Gasteiger partial charge in [-0.15, -0.1) is 0 Å². The van der Waals surface area contributed by atoms with Crippen LogP contribution in [0.15, 0.2) is 24.3 Å². The molecule has 1 aromatic rings. The molecule has 0 saturated heterocycles. The molecule has 0 fully saturated rings. The monoisotopic (exact) mass is 248 g/mol. The Morgan fingerprint density at radius 2 is 2.00 bits per heavy atom. The molecule has 0 atom stereocenters. The highest BCUT2D eigenvalue weighted by molar-refractivity contribution is 5.75. The lowest BCUT2D eigenvalue weighted by Crippen LogP contribution is -2.26. The Hall–Kier alpha value is -1.35. The zero-order valence-corrected chi connectivity index (χ0v) is 11.6. The van der Waals surface area contributed by atoms with Crippen LogP contribution < -0.4 is 5.73 Å². The van der Waals surface area contributed by atoms with Crippen LogP contribution in [0.1, 0.15) is 37.8 Å². The third-order valence-electron chi connectivity index (χ3n) is 3.01. The molecular weight excluding hydrogens is 224 g/mol. The average molecular weight is 248 g/mol. The fraction of sp³-hybridized carbons (Fsp3) is 0.533. The zero-order valence-electron chi connectivity index (χ0n) is 11.6. The molecule has 100 valence electrons. The molecule has 0 saturated carbocycles. The number of hydrogen-bond acceptors (Lipinski definition) is 2. The summed E-state index contributed by atoms with van der Waals surface area (Å²) in [5.74, 6) is 0.782. The molecular formula is C15H24N2O. The maximum absolute atomic E-state index is 11.9. The van der Waals surface area contributed by atoms with Crippen LogP contribution in [-0.2, 0) is 17.9 Å². The lowest BCUT2D eigenvalue weighted by molar-refractivity contribution is -0.130. The van der Waals surface area contributed by atoms with Crippen LogP contribution >= 0.6 is 0 Å². The highest BCUT2D eigenvalue weighted by atomic mass is 16.2. The Bertz CT molecular complexity index is 388. The van der Waals surface area contributed by atoms with Gasteiger partial charge in [-0.3, -0.25) is 4.79 Å². The quantitative estimate of drug-likeness (QED) is 0.841. The molecule has 2 N–H and O–H groups in total. The van der Waals surface area contributed by atoms with Crippen molar-refractivity contribution in [3.63, 3.8) is 0 Å². The first-order valence-corrected chi connectivity index (χ1v) is 6.54. The first-order chi connectivity index (χ1) is 8.52. The first-order valence-electron chi connectivity index (χ1n) is 6.54. The maximum Gasteiger partial charge on any atom is 0.222 e. The molecule has 0 aromatic heterocycles. The van der Waals surface area contributed by atoms with Crippen molar-refractivity contribution in [1.82, 2.24) is 4.90 Å². The summed E-state index contributed by atoms with van der Waals surface area (Å²) >= 11 is 0. The number of hydrogen-bond donors (Lipinski definition) is 1. The second-order valence-electron chi connectivity index (χ2n) is 5.21. The van der Waals surface area contributed by atoms with Crippen LogP contribution in [0, 0.1) is 5.92 Å². The summed E-state index contributed by atoms with van der Waals surface area (Å²) in [6.07, 6.45) is 1.58. The number of nitrogens with two attached hydrogens (primary N) is 1. The van der Waals surface area contributed by atoms with E-state index in [1.54, 1.807) is 4.90 Å². The molecule has 0 bridgehead atoms. The van der Waals surface area contributed by atoms with Gasteiger partial charge in [0.25, 0.3) is 0 Å². The van der Waals surface area contributed by atoms with Crippen molar-refractivity contribution >= 4 is 5.91 Å². The number of carbonyl (C=O) groups is 1. The lowest BCUT2D eigenvalue weighted by Gasteiger charge is -2.18. The van der Waals surface area contributed by atoms with Gasteiger partial charge in [0.2, 0.25) is 5.91 Å². The zero-order chi connectivity index (χ0) is 13.5. The molecule has 3 nitrogen and oxygen atoms in total. The van der Waals surface area contributed by atoms with Gasteiger partial charge in [-0.25, -0.2) is 0 Å². The number of amides is 1. The second kappa shape index (κ2) is 7.17. The molecule has 0 spiro atoms. The Balaban J connectivity index is 2.52. The van der Waals surface area contributed by atoms with E-state index in [1.807, 2.05) is 25.2 Å². The summed E-state index contributed by atoms with van der Waals surface area (Å²) in [5, 5.41) is 0. The molecule has 0 aliphatic heterocycles. The standard InChI is InChI=1S/C15H24N2O/c1-12(2)7-8-15(18)17(3)11-14-6-4-5-13(9-14)10-16/h4-6,9,12H,7-8,10-11,16H2,1-3H3. The number of rotatable bonds is 6. The van der Waals surface area contributed by atoms with Gasteiger partial charge >= 0.3 is 0 Å².